The molecule has 1 heterocycles. The summed E-state index contributed by atoms with van der Waals surface area (Å²) in [4.78, 5) is 15.1. The van der Waals surface area contributed by atoms with Crippen LogP contribution >= 0.6 is 0 Å². The lowest BCUT2D eigenvalue weighted by molar-refractivity contribution is -0.122. The van der Waals surface area contributed by atoms with Crippen LogP contribution in [0.5, 0.6) is 5.75 Å². The molecule has 1 amide bonds. The van der Waals surface area contributed by atoms with Crippen molar-refractivity contribution in [3.8, 4) is 5.75 Å². The fourth-order valence-corrected chi connectivity index (χ4v) is 3.57. The van der Waals surface area contributed by atoms with Gasteiger partial charge in [-0.3, -0.25) is 4.79 Å². The van der Waals surface area contributed by atoms with Crippen LogP contribution < -0.4 is 15.0 Å². The molecule has 1 fully saturated rings. The first kappa shape index (κ1) is 19.3. The number of ether oxygens (including phenoxy) is 2. The zero-order chi connectivity index (χ0) is 20.1. The summed E-state index contributed by atoms with van der Waals surface area (Å²) in [6.45, 7) is 5.24. The van der Waals surface area contributed by atoms with Crippen LogP contribution in [0.15, 0.2) is 66.7 Å². The molecule has 1 N–H and O–H groups in total. The minimum atomic E-state index is -0.556. The minimum absolute atomic E-state index is 0.139. The lowest BCUT2D eigenvalue weighted by Gasteiger charge is -2.29. The maximum atomic E-state index is 12.8. The standard InChI is InChI=1S/C24H26N2O3/c1-2-22(29-23-9-5-7-18-6-3-4-8-21(18)23)24(27)25-19-10-12-20(13-11-19)26-14-16-28-17-15-26/h3-13,22H,2,14-17H2,1H3,(H,25,27)/t22-/m0/s1. The van der Waals surface area contributed by atoms with Gasteiger partial charge in [-0.15, -0.1) is 0 Å². The van der Waals surface area contributed by atoms with Gasteiger partial charge < -0.3 is 19.7 Å². The summed E-state index contributed by atoms with van der Waals surface area (Å²) in [5, 5.41) is 5.09. The first-order chi connectivity index (χ1) is 14.2. The van der Waals surface area contributed by atoms with E-state index in [4.69, 9.17) is 9.47 Å². The topological polar surface area (TPSA) is 50.8 Å². The van der Waals surface area contributed by atoms with Crippen LogP contribution in [0.4, 0.5) is 11.4 Å². The third-order valence-electron chi connectivity index (χ3n) is 5.19. The van der Waals surface area contributed by atoms with E-state index in [0.29, 0.717) is 6.42 Å². The molecule has 4 rings (SSSR count). The predicted octanol–water partition coefficient (Wildman–Crippen LogP) is 4.47. The monoisotopic (exact) mass is 390 g/mol. The van der Waals surface area contributed by atoms with Gasteiger partial charge in [0.25, 0.3) is 5.91 Å². The van der Waals surface area contributed by atoms with E-state index in [-0.39, 0.29) is 5.91 Å². The van der Waals surface area contributed by atoms with Gasteiger partial charge in [0, 0.05) is 29.9 Å². The number of hydrogen-bond donors (Lipinski definition) is 1. The van der Waals surface area contributed by atoms with E-state index in [0.717, 1.165) is 54.2 Å². The number of nitrogens with one attached hydrogen (secondary N) is 1. The van der Waals surface area contributed by atoms with Gasteiger partial charge in [-0.2, -0.15) is 0 Å². The van der Waals surface area contributed by atoms with Crippen molar-refractivity contribution in [2.24, 2.45) is 0 Å². The molecular weight excluding hydrogens is 364 g/mol. The first-order valence-corrected chi connectivity index (χ1v) is 10.1. The van der Waals surface area contributed by atoms with Crippen molar-refractivity contribution < 1.29 is 14.3 Å². The van der Waals surface area contributed by atoms with Crippen molar-refractivity contribution in [1.29, 1.82) is 0 Å². The second-order valence-corrected chi connectivity index (χ2v) is 7.13. The molecule has 0 spiro atoms. The highest BCUT2D eigenvalue weighted by molar-refractivity contribution is 5.95. The lowest BCUT2D eigenvalue weighted by Crippen LogP contribution is -2.36. The van der Waals surface area contributed by atoms with Gasteiger partial charge in [-0.25, -0.2) is 0 Å². The number of morpholine rings is 1. The molecule has 3 aromatic carbocycles. The fraction of sp³-hybridized carbons (Fsp3) is 0.292. The van der Waals surface area contributed by atoms with Crippen molar-refractivity contribution in [2.45, 2.75) is 19.4 Å². The average molecular weight is 390 g/mol. The highest BCUT2D eigenvalue weighted by Gasteiger charge is 2.20. The van der Waals surface area contributed by atoms with E-state index in [1.165, 1.54) is 0 Å². The van der Waals surface area contributed by atoms with Crippen LogP contribution in [0.2, 0.25) is 0 Å². The molecule has 1 saturated heterocycles. The Hall–Kier alpha value is -3.05. The molecule has 5 nitrogen and oxygen atoms in total. The highest BCUT2D eigenvalue weighted by Crippen LogP contribution is 2.27. The fourth-order valence-electron chi connectivity index (χ4n) is 3.57. The van der Waals surface area contributed by atoms with Crippen LogP contribution in [-0.4, -0.2) is 38.3 Å². The lowest BCUT2D eigenvalue weighted by atomic mass is 10.1. The van der Waals surface area contributed by atoms with Crippen LogP contribution in [0.1, 0.15) is 13.3 Å². The molecule has 0 saturated carbocycles. The molecular formula is C24H26N2O3. The molecule has 0 aliphatic carbocycles. The number of rotatable bonds is 6. The SMILES string of the molecule is CC[C@H](Oc1cccc2ccccc12)C(=O)Nc1ccc(N2CCOCC2)cc1. The Morgan fingerprint density at radius 3 is 2.52 bits per heavy atom. The molecule has 0 radical (unpaired) electrons. The van der Waals surface area contributed by atoms with E-state index < -0.39 is 6.10 Å². The highest BCUT2D eigenvalue weighted by atomic mass is 16.5. The van der Waals surface area contributed by atoms with Crippen molar-refractivity contribution in [3.05, 3.63) is 66.7 Å². The summed E-state index contributed by atoms with van der Waals surface area (Å²) in [6.07, 6.45) is 0.0284. The Morgan fingerprint density at radius 1 is 1.03 bits per heavy atom. The molecule has 0 unspecified atom stereocenters. The van der Waals surface area contributed by atoms with Crippen molar-refractivity contribution >= 4 is 28.1 Å². The van der Waals surface area contributed by atoms with Gasteiger partial charge in [0.1, 0.15) is 5.75 Å². The number of carbonyl (C=O) groups is 1. The van der Waals surface area contributed by atoms with E-state index >= 15 is 0 Å². The largest absolute Gasteiger partial charge is 0.480 e. The molecule has 29 heavy (non-hydrogen) atoms. The van der Waals surface area contributed by atoms with Crippen LogP contribution in [0.3, 0.4) is 0 Å². The third kappa shape index (κ3) is 4.51. The Morgan fingerprint density at radius 2 is 1.76 bits per heavy atom. The number of benzene rings is 3. The maximum Gasteiger partial charge on any atom is 0.265 e. The predicted molar refractivity (Wildman–Crippen MR) is 117 cm³/mol. The summed E-state index contributed by atoms with van der Waals surface area (Å²) in [6, 6.07) is 21.9. The summed E-state index contributed by atoms with van der Waals surface area (Å²) in [5.41, 5.74) is 1.91. The molecule has 1 aliphatic rings. The van der Waals surface area contributed by atoms with Gasteiger partial charge in [-0.05, 0) is 42.1 Å². The van der Waals surface area contributed by atoms with E-state index in [1.54, 1.807) is 0 Å². The Kier molecular flexibility index (Phi) is 5.96. The van der Waals surface area contributed by atoms with E-state index in [1.807, 2.05) is 73.7 Å². The van der Waals surface area contributed by atoms with Gasteiger partial charge in [0.2, 0.25) is 0 Å². The second kappa shape index (κ2) is 8.97. The van der Waals surface area contributed by atoms with Crippen LogP contribution in [-0.2, 0) is 9.53 Å². The Labute approximate surface area is 171 Å². The van der Waals surface area contributed by atoms with Gasteiger partial charge in [0.05, 0.1) is 13.2 Å². The first-order valence-electron chi connectivity index (χ1n) is 10.1. The molecule has 3 aromatic rings. The van der Waals surface area contributed by atoms with Crippen LogP contribution in [0.25, 0.3) is 10.8 Å². The summed E-state index contributed by atoms with van der Waals surface area (Å²) in [7, 11) is 0. The number of anilines is 2. The second-order valence-electron chi connectivity index (χ2n) is 7.13. The van der Waals surface area contributed by atoms with Crippen molar-refractivity contribution in [1.82, 2.24) is 0 Å². The Bertz CT molecular complexity index is 960. The Balaban J connectivity index is 1.43. The normalized spacial score (nSPS) is 15.1. The number of amides is 1. The zero-order valence-corrected chi connectivity index (χ0v) is 16.6. The minimum Gasteiger partial charge on any atom is -0.480 e. The summed E-state index contributed by atoms with van der Waals surface area (Å²) < 4.78 is 11.5. The molecule has 150 valence electrons. The molecule has 5 heteroatoms. The maximum absolute atomic E-state index is 12.8. The molecule has 1 atom stereocenters. The summed E-state index contributed by atoms with van der Waals surface area (Å²) >= 11 is 0. The van der Waals surface area contributed by atoms with E-state index in [2.05, 4.69) is 10.2 Å². The third-order valence-corrected chi connectivity index (χ3v) is 5.19. The van der Waals surface area contributed by atoms with Gasteiger partial charge >= 0.3 is 0 Å². The quantitative estimate of drug-likeness (QED) is 0.675. The smallest absolute Gasteiger partial charge is 0.265 e. The van der Waals surface area contributed by atoms with Gasteiger partial charge in [0.15, 0.2) is 6.10 Å². The zero-order valence-electron chi connectivity index (χ0n) is 16.6. The van der Waals surface area contributed by atoms with Crippen LogP contribution in [0, 0.1) is 0 Å². The van der Waals surface area contributed by atoms with Gasteiger partial charge in [-0.1, -0.05) is 43.3 Å². The number of carbonyl (C=O) groups excluding carboxylic acids is 1. The molecule has 0 aromatic heterocycles. The van der Waals surface area contributed by atoms with Crippen molar-refractivity contribution in [3.63, 3.8) is 0 Å². The number of hydrogen-bond acceptors (Lipinski definition) is 4. The number of nitrogens with zero attached hydrogens (tertiary/aromatic N) is 1. The molecule has 0 bridgehead atoms. The number of fused-ring (bicyclic) bond motifs is 1. The average Bonchev–Trinajstić information content (AvgIpc) is 2.78. The molecule has 1 aliphatic heterocycles. The van der Waals surface area contributed by atoms with E-state index in [9.17, 15) is 4.79 Å². The summed E-state index contributed by atoms with van der Waals surface area (Å²) in [5.74, 6) is 0.590. The van der Waals surface area contributed by atoms with Crippen molar-refractivity contribution in [2.75, 3.05) is 36.5 Å².